The van der Waals surface area contributed by atoms with E-state index in [-0.39, 0.29) is 6.61 Å². The summed E-state index contributed by atoms with van der Waals surface area (Å²) in [6.07, 6.45) is 0.850. The van der Waals surface area contributed by atoms with E-state index in [1.807, 2.05) is 42.3 Å². The van der Waals surface area contributed by atoms with Crippen LogP contribution in [-0.4, -0.2) is 69.7 Å². The van der Waals surface area contributed by atoms with Crippen LogP contribution in [0.1, 0.15) is 24.7 Å². The van der Waals surface area contributed by atoms with Crippen LogP contribution in [0.25, 0.3) is 0 Å². The Morgan fingerprint density at radius 3 is 1.90 bits per heavy atom. The molecule has 0 spiro atoms. The predicted molar refractivity (Wildman–Crippen MR) is 121 cm³/mol. The molecule has 1 unspecified atom stereocenters. The Hall–Kier alpha value is -0.340. The van der Waals surface area contributed by atoms with Crippen molar-refractivity contribution in [3.8, 4) is 0 Å². The van der Waals surface area contributed by atoms with Crippen LogP contribution in [0.3, 0.4) is 0 Å². The lowest BCUT2D eigenvalue weighted by Gasteiger charge is -2.37. The van der Waals surface area contributed by atoms with Gasteiger partial charge in [-0.1, -0.05) is 6.92 Å². The molecular weight excluding hydrogens is 462 g/mol. The molecule has 8 nitrogen and oxygen atoms in total. The second kappa shape index (κ2) is 15.5. The normalized spacial score (nSPS) is 13.3. The second-order valence-corrected chi connectivity index (χ2v) is 9.71. The molecule has 0 saturated carbocycles. The van der Waals surface area contributed by atoms with Gasteiger partial charge in [-0.05, 0) is 25.5 Å². The molecule has 0 aliphatic rings. The van der Waals surface area contributed by atoms with Gasteiger partial charge in [0.1, 0.15) is 0 Å². The van der Waals surface area contributed by atoms with Gasteiger partial charge in [-0.3, -0.25) is 19.2 Å². The first kappa shape index (κ1) is 28.7. The van der Waals surface area contributed by atoms with Gasteiger partial charge < -0.3 is 4.57 Å². The molecule has 0 fully saturated rings. The average molecular weight is 494 g/mol. The summed E-state index contributed by atoms with van der Waals surface area (Å²) in [5, 5.41) is 8.81. The van der Waals surface area contributed by atoms with E-state index < -0.39 is 12.6 Å². The minimum absolute atomic E-state index is 0.255. The molecule has 0 bridgehead atoms. The van der Waals surface area contributed by atoms with Crippen LogP contribution >= 0.6 is 42.5 Å². The zero-order chi connectivity index (χ0) is 22.4. The van der Waals surface area contributed by atoms with Gasteiger partial charge in [0.25, 0.3) is 0 Å². The summed E-state index contributed by atoms with van der Waals surface area (Å²) in [6.45, 7) is 6.33. The Bertz CT molecular complexity index is 612. The summed E-state index contributed by atoms with van der Waals surface area (Å²) >= 11 is 17.8. The van der Waals surface area contributed by atoms with Crippen molar-refractivity contribution in [2.45, 2.75) is 26.9 Å². The van der Waals surface area contributed by atoms with Crippen molar-refractivity contribution >= 4 is 42.5 Å². The number of aryl methyl sites for hydroxylation is 1. The number of halogens is 3. The van der Waals surface area contributed by atoms with E-state index in [2.05, 4.69) is 0 Å². The summed E-state index contributed by atoms with van der Waals surface area (Å²) < 4.78 is 25.6. The third kappa shape index (κ3) is 10.0. The number of aromatic nitrogens is 1. The lowest BCUT2D eigenvalue weighted by Crippen LogP contribution is -2.37. The fourth-order valence-corrected chi connectivity index (χ4v) is 6.05. The van der Waals surface area contributed by atoms with Gasteiger partial charge in [-0.15, -0.1) is 34.8 Å². The Balaban J connectivity index is 0.00000178. The first-order chi connectivity index (χ1) is 13.7. The minimum atomic E-state index is -3.28. The molecule has 0 aliphatic carbocycles. The molecular formula is C17H32Cl3N4O4P. The zero-order valence-electron chi connectivity index (χ0n) is 17.5. The highest BCUT2D eigenvalue weighted by atomic mass is 35.5. The molecule has 0 aliphatic heterocycles. The highest BCUT2D eigenvalue weighted by Crippen LogP contribution is 2.54. The van der Waals surface area contributed by atoms with Crippen LogP contribution in [0.2, 0.25) is 0 Å². The number of hydrogen-bond acceptors (Lipinski definition) is 4. The van der Waals surface area contributed by atoms with Gasteiger partial charge in [0.05, 0.1) is 6.61 Å². The SMILES string of the molecule is CCCN(CCCl)P(=O)(OCc1ccc(C)n1C)N(CCCl)CCCl.C[N+](=O)[O-]. The molecule has 12 heteroatoms. The predicted octanol–water partition coefficient (Wildman–Crippen LogP) is 4.58. The summed E-state index contributed by atoms with van der Waals surface area (Å²) in [6, 6.07) is 4.00. The number of rotatable bonds is 13. The van der Waals surface area contributed by atoms with E-state index >= 15 is 0 Å². The third-order valence-electron chi connectivity index (χ3n) is 4.08. The van der Waals surface area contributed by atoms with Gasteiger partial charge in [0.15, 0.2) is 7.05 Å². The molecule has 29 heavy (non-hydrogen) atoms. The molecule has 170 valence electrons. The van der Waals surface area contributed by atoms with Crippen molar-refractivity contribution in [1.29, 1.82) is 0 Å². The Morgan fingerprint density at radius 2 is 1.55 bits per heavy atom. The molecule has 1 atom stereocenters. The summed E-state index contributed by atoms with van der Waals surface area (Å²) in [4.78, 5) is 8.31. The van der Waals surface area contributed by atoms with Crippen molar-refractivity contribution in [2.75, 3.05) is 50.9 Å². The van der Waals surface area contributed by atoms with Crippen molar-refractivity contribution in [2.24, 2.45) is 7.05 Å². The lowest BCUT2D eigenvalue weighted by molar-refractivity contribution is -0.445. The smallest absolute Gasteiger partial charge is 0.346 e. The van der Waals surface area contributed by atoms with Gasteiger partial charge >= 0.3 is 7.67 Å². The monoisotopic (exact) mass is 492 g/mol. The molecule has 0 aromatic carbocycles. The Labute approximate surface area is 188 Å². The van der Waals surface area contributed by atoms with Gasteiger partial charge in [0.2, 0.25) is 0 Å². The number of hydrogen-bond donors (Lipinski definition) is 0. The standard InChI is InChI=1S/C16H29Cl3N3O2P.CH3NO2/c1-4-10-21(11-7-17)25(23,22(12-8-18)13-9-19)24-14-16-6-5-15(2)20(16)3;1-2(3)4/h5-6H,4,7-14H2,1-3H3;1H3. The number of nitro groups is 1. The van der Waals surface area contributed by atoms with Gasteiger partial charge in [-0.25, -0.2) is 9.34 Å². The van der Waals surface area contributed by atoms with Crippen LogP contribution in [0.15, 0.2) is 12.1 Å². The van der Waals surface area contributed by atoms with Crippen LogP contribution < -0.4 is 0 Å². The van der Waals surface area contributed by atoms with Crippen molar-refractivity contribution in [3.05, 3.63) is 33.6 Å². The van der Waals surface area contributed by atoms with E-state index in [1.54, 1.807) is 4.67 Å². The van der Waals surface area contributed by atoms with Crippen molar-refractivity contribution in [1.82, 2.24) is 13.9 Å². The molecule has 0 radical (unpaired) electrons. The maximum atomic E-state index is 13.9. The van der Waals surface area contributed by atoms with Crippen LogP contribution in [0, 0.1) is 17.0 Å². The highest BCUT2D eigenvalue weighted by molar-refractivity contribution is 7.53. The Morgan fingerprint density at radius 1 is 1.10 bits per heavy atom. The number of nitrogens with zero attached hydrogens (tertiary/aromatic N) is 4. The summed E-state index contributed by atoms with van der Waals surface area (Å²) in [5.74, 6) is 1.09. The highest BCUT2D eigenvalue weighted by Gasteiger charge is 2.38. The van der Waals surface area contributed by atoms with Gasteiger partial charge in [0, 0.05) is 67.2 Å². The van der Waals surface area contributed by atoms with E-state index in [9.17, 15) is 4.57 Å². The number of alkyl halides is 3. The summed E-state index contributed by atoms with van der Waals surface area (Å²) in [7, 11) is -0.424. The van der Waals surface area contributed by atoms with Crippen molar-refractivity contribution in [3.63, 3.8) is 0 Å². The first-order valence-electron chi connectivity index (χ1n) is 9.30. The first-order valence-corrected chi connectivity index (χ1v) is 12.4. The maximum Gasteiger partial charge on any atom is 0.346 e. The summed E-state index contributed by atoms with van der Waals surface area (Å²) in [5.41, 5.74) is 2.09. The van der Waals surface area contributed by atoms with Crippen LogP contribution in [0.4, 0.5) is 0 Å². The Kier molecular flexibility index (Phi) is 15.3. The van der Waals surface area contributed by atoms with Crippen molar-refractivity contribution < 1.29 is 14.0 Å². The molecule has 1 aromatic heterocycles. The molecule has 0 N–H and O–H groups in total. The zero-order valence-corrected chi connectivity index (χ0v) is 20.7. The van der Waals surface area contributed by atoms with E-state index in [0.717, 1.165) is 24.9 Å². The van der Waals surface area contributed by atoms with Crippen LogP contribution in [0.5, 0.6) is 0 Å². The topological polar surface area (TPSA) is 80.8 Å². The maximum absolute atomic E-state index is 13.9. The van der Waals surface area contributed by atoms with Gasteiger partial charge in [-0.2, -0.15) is 0 Å². The quantitative estimate of drug-likeness (QED) is 0.173. The van der Waals surface area contributed by atoms with E-state index in [1.165, 1.54) is 0 Å². The average Bonchev–Trinajstić information content (AvgIpc) is 2.97. The van der Waals surface area contributed by atoms with Crippen LogP contribution in [-0.2, 0) is 22.7 Å². The fourth-order valence-electron chi connectivity index (χ4n) is 2.58. The van der Waals surface area contributed by atoms with E-state index in [0.29, 0.717) is 43.8 Å². The molecule has 0 amide bonds. The molecule has 0 saturated heterocycles. The molecule has 1 rings (SSSR count). The largest absolute Gasteiger partial charge is 0.350 e. The molecule has 1 heterocycles. The lowest BCUT2D eigenvalue weighted by atomic mass is 10.4. The molecule has 1 aromatic rings. The second-order valence-electron chi connectivity index (χ2n) is 6.20. The fraction of sp³-hybridized carbons (Fsp3) is 0.765. The van der Waals surface area contributed by atoms with E-state index in [4.69, 9.17) is 49.4 Å². The minimum Gasteiger partial charge on any atom is -0.350 e. The third-order valence-corrected chi connectivity index (χ3v) is 7.28.